The summed E-state index contributed by atoms with van der Waals surface area (Å²) in [4.78, 5) is 14.9. The zero-order valence-corrected chi connectivity index (χ0v) is 11.6. The van der Waals surface area contributed by atoms with E-state index in [0.717, 1.165) is 25.3 Å². The topological polar surface area (TPSA) is 32.3 Å². The van der Waals surface area contributed by atoms with Gasteiger partial charge in [-0.25, -0.2) is 4.79 Å². The van der Waals surface area contributed by atoms with E-state index in [4.69, 9.17) is 0 Å². The number of nitrogens with one attached hydrogen (secondary N) is 1. The number of urea groups is 1. The number of carbonyl (C=O) groups is 1. The molecule has 1 atom stereocenters. The molecule has 0 aliphatic carbocycles. The predicted octanol–water partition coefficient (Wildman–Crippen LogP) is 2.83. The molecule has 1 saturated heterocycles. The summed E-state index contributed by atoms with van der Waals surface area (Å²) in [6.45, 7) is 4.45. The van der Waals surface area contributed by atoms with Gasteiger partial charge in [0.05, 0.1) is 0 Å². The molecule has 2 rings (SSSR count). The lowest BCUT2D eigenvalue weighted by atomic mass is 10.2. The molecule has 1 fully saturated rings. The number of amides is 2. The third-order valence-electron chi connectivity index (χ3n) is 3.13. The monoisotopic (exact) mass is 264 g/mol. The lowest BCUT2D eigenvalue weighted by Crippen LogP contribution is -2.38. The quantitative estimate of drug-likeness (QED) is 0.848. The van der Waals surface area contributed by atoms with E-state index in [-0.39, 0.29) is 6.03 Å². The molecule has 0 radical (unpaired) electrons. The summed E-state index contributed by atoms with van der Waals surface area (Å²) < 4.78 is 0. The Morgan fingerprint density at radius 1 is 1.44 bits per heavy atom. The molecular weight excluding hydrogens is 244 g/mol. The van der Waals surface area contributed by atoms with Crippen LogP contribution in [-0.2, 0) is 0 Å². The highest BCUT2D eigenvalue weighted by Gasteiger charge is 2.25. The van der Waals surface area contributed by atoms with Crippen molar-refractivity contribution in [1.82, 2.24) is 10.2 Å². The molecule has 0 bridgehead atoms. The molecule has 1 aromatic rings. The number of thioether (sulfide) groups is 1. The molecular formula is C14H20N2OS. The molecule has 18 heavy (non-hydrogen) atoms. The molecule has 0 saturated carbocycles. The van der Waals surface area contributed by atoms with Crippen LogP contribution in [0.2, 0.25) is 0 Å². The van der Waals surface area contributed by atoms with E-state index in [2.05, 4.69) is 29.6 Å². The highest BCUT2D eigenvalue weighted by Crippen LogP contribution is 2.25. The highest BCUT2D eigenvalue weighted by atomic mass is 32.2. The van der Waals surface area contributed by atoms with E-state index >= 15 is 0 Å². The van der Waals surface area contributed by atoms with Crippen LogP contribution in [0.1, 0.15) is 13.3 Å². The Bertz CT molecular complexity index is 383. The summed E-state index contributed by atoms with van der Waals surface area (Å²) in [5, 5.41) is 2.86. The molecule has 98 valence electrons. The first-order valence-corrected chi connectivity index (χ1v) is 7.48. The second-order valence-electron chi connectivity index (χ2n) is 4.56. The minimum absolute atomic E-state index is 0.0877. The molecule has 0 spiro atoms. The smallest absolute Gasteiger partial charge is 0.317 e. The maximum atomic E-state index is 11.7. The minimum Gasteiger partial charge on any atom is -0.338 e. The maximum Gasteiger partial charge on any atom is 0.317 e. The van der Waals surface area contributed by atoms with E-state index in [9.17, 15) is 4.79 Å². The van der Waals surface area contributed by atoms with Crippen molar-refractivity contribution in [2.24, 2.45) is 5.92 Å². The zero-order chi connectivity index (χ0) is 12.8. The van der Waals surface area contributed by atoms with Gasteiger partial charge in [0.25, 0.3) is 0 Å². The molecule has 1 N–H and O–H groups in total. The summed E-state index contributed by atoms with van der Waals surface area (Å²) in [6, 6.07) is 10.5. The highest BCUT2D eigenvalue weighted by molar-refractivity contribution is 7.99. The van der Waals surface area contributed by atoms with E-state index in [1.54, 1.807) is 0 Å². The van der Waals surface area contributed by atoms with Gasteiger partial charge in [0.1, 0.15) is 0 Å². The van der Waals surface area contributed by atoms with E-state index in [0.29, 0.717) is 12.5 Å². The molecule has 0 aromatic heterocycles. The first-order valence-electron chi connectivity index (χ1n) is 6.50. The van der Waals surface area contributed by atoms with Gasteiger partial charge in [-0.3, -0.25) is 0 Å². The van der Waals surface area contributed by atoms with Crippen LogP contribution in [-0.4, -0.2) is 36.3 Å². The number of benzene rings is 1. The lowest BCUT2D eigenvalue weighted by molar-refractivity contribution is 0.208. The zero-order valence-electron chi connectivity index (χ0n) is 10.8. The average molecular weight is 264 g/mol. The molecule has 1 aromatic carbocycles. The maximum absolute atomic E-state index is 11.7. The van der Waals surface area contributed by atoms with Gasteiger partial charge in [0, 0.05) is 30.3 Å². The average Bonchev–Trinajstić information content (AvgIpc) is 2.87. The van der Waals surface area contributed by atoms with Crippen molar-refractivity contribution in [1.29, 1.82) is 0 Å². The first-order chi connectivity index (χ1) is 8.79. The van der Waals surface area contributed by atoms with Crippen LogP contribution in [0.15, 0.2) is 35.2 Å². The lowest BCUT2D eigenvalue weighted by Gasteiger charge is -2.16. The third kappa shape index (κ3) is 3.67. The largest absolute Gasteiger partial charge is 0.338 e. The van der Waals surface area contributed by atoms with Crippen LogP contribution in [0, 0.1) is 5.92 Å². The van der Waals surface area contributed by atoms with Crippen LogP contribution in [0.4, 0.5) is 4.79 Å². The van der Waals surface area contributed by atoms with Crippen LogP contribution in [0.5, 0.6) is 0 Å². The van der Waals surface area contributed by atoms with Gasteiger partial charge >= 0.3 is 6.03 Å². The molecule has 2 amide bonds. The van der Waals surface area contributed by atoms with E-state index in [1.165, 1.54) is 4.90 Å². The van der Waals surface area contributed by atoms with Gasteiger partial charge in [-0.05, 0) is 31.4 Å². The summed E-state index contributed by atoms with van der Waals surface area (Å²) in [6.07, 6.45) is 1.12. The molecule has 1 aliphatic heterocycles. The van der Waals surface area contributed by atoms with E-state index in [1.807, 2.05) is 29.7 Å². The second kappa shape index (κ2) is 6.69. The van der Waals surface area contributed by atoms with Gasteiger partial charge in [-0.1, -0.05) is 18.2 Å². The van der Waals surface area contributed by atoms with Crippen molar-refractivity contribution in [3.8, 4) is 0 Å². The summed E-state index contributed by atoms with van der Waals surface area (Å²) in [7, 11) is 0. The van der Waals surface area contributed by atoms with Gasteiger partial charge in [-0.15, -0.1) is 11.8 Å². The number of hydrogen-bond donors (Lipinski definition) is 1. The Kier molecular flexibility index (Phi) is 4.93. The van der Waals surface area contributed by atoms with Crippen molar-refractivity contribution in [3.05, 3.63) is 30.3 Å². The molecule has 1 aliphatic rings. The predicted molar refractivity (Wildman–Crippen MR) is 75.9 cm³/mol. The van der Waals surface area contributed by atoms with Crippen molar-refractivity contribution in [3.63, 3.8) is 0 Å². The third-order valence-corrected chi connectivity index (χ3v) is 4.37. The number of rotatable bonds is 4. The Labute approximate surface area is 113 Å². The SMILES string of the molecule is CCNC(=O)N1CC[C@@H](CSc2ccccc2)C1. The fourth-order valence-electron chi connectivity index (χ4n) is 2.15. The molecule has 1 heterocycles. The van der Waals surface area contributed by atoms with E-state index < -0.39 is 0 Å². The van der Waals surface area contributed by atoms with Crippen LogP contribution in [0.25, 0.3) is 0 Å². The Morgan fingerprint density at radius 3 is 2.94 bits per heavy atom. The Balaban J connectivity index is 1.74. The second-order valence-corrected chi connectivity index (χ2v) is 5.65. The molecule has 3 nitrogen and oxygen atoms in total. The fraction of sp³-hybridized carbons (Fsp3) is 0.500. The van der Waals surface area contributed by atoms with Crippen molar-refractivity contribution in [2.75, 3.05) is 25.4 Å². The fourth-order valence-corrected chi connectivity index (χ4v) is 3.20. The summed E-state index contributed by atoms with van der Waals surface area (Å²) in [5.74, 6) is 1.72. The van der Waals surface area contributed by atoms with Crippen LogP contribution >= 0.6 is 11.8 Å². The Hall–Kier alpha value is -1.16. The van der Waals surface area contributed by atoms with Gasteiger partial charge in [0.15, 0.2) is 0 Å². The number of likely N-dealkylation sites (tertiary alicyclic amines) is 1. The van der Waals surface area contributed by atoms with Crippen molar-refractivity contribution >= 4 is 17.8 Å². The normalized spacial score (nSPS) is 18.9. The van der Waals surface area contributed by atoms with Crippen LogP contribution in [0.3, 0.4) is 0 Å². The van der Waals surface area contributed by atoms with Gasteiger partial charge in [-0.2, -0.15) is 0 Å². The number of carbonyl (C=O) groups excluding carboxylic acids is 1. The number of hydrogen-bond acceptors (Lipinski definition) is 2. The molecule has 0 unspecified atom stereocenters. The van der Waals surface area contributed by atoms with Crippen molar-refractivity contribution in [2.45, 2.75) is 18.2 Å². The minimum atomic E-state index is 0.0877. The van der Waals surface area contributed by atoms with Gasteiger partial charge in [0.2, 0.25) is 0 Å². The van der Waals surface area contributed by atoms with Gasteiger partial charge < -0.3 is 10.2 Å². The van der Waals surface area contributed by atoms with Crippen LogP contribution < -0.4 is 5.32 Å². The summed E-state index contributed by atoms with van der Waals surface area (Å²) >= 11 is 1.89. The summed E-state index contributed by atoms with van der Waals surface area (Å²) in [5.41, 5.74) is 0. The standard InChI is InChI=1S/C14H20N2OS/c1-2-15-14(17)16-9-8-12(10-16)11-18-13-6-4-3-5-7-13/h3-7,12H,2,8-11H2,1H3,(H,15,17)/t12-/m1/s1. The first kappa shape index (κ1) is 13.3. The number of nitrogens with zero attached hydrogens (tertiary/aromatic N) is 1. The van der Waals surface area contributed by atoms with Crippen molar-refractivity contribution < 1.29 is 4.79 Å². The molecule has 4 heteroatoms. The Morgan fingerprint density at radius 2 is 2.22 bits per heavy atom.